The molecule has 2 rings (SSSR count). The van der Waals surface area contributed by atoms with Gasteiger partial charge in [-0.1, -0.05) is 0 Å². The molecule has 1 aromatic heterocycles. The third-order valence-corrected chi connectivity index (χ3v) is 4.24. The molecule has 0 atom stereocenters. The van der Waals surface area contributed by atoms with Crippen LogP contribution in [0.5, 0.6) is 0 Å². The van der Waals surface area contributed by atoms with Crippen molar-refractivity contribution < 1.29 is 13.9 Å². The first-order valence-electron chi connectivity index (χ1n) is 7.63. The molecule has 0 spiro atoms. The van der Waals surface area contributed by atoms with Gasteiger partial charge in [0.25, 0.3) is 5.91 Å². The minimum Gasteiger partial charge on any atom is -0.440 e. The van der Waals surface area contributed by atoms with Crippen LogP contribution in [0.15, 0.2) is 20.5 Å². The number of likely N-dealkylation sites (N-methyl/N-ethyl adjacent to an activating group) is 1. The Morgan fingerprint density at radius 2 is 2.09 bits per heavy atom. The Balaban J connectivity index is 2.23. The van der Waals surface area contributed by atoms with Crippen LogP contribution in [0, 0.1) is 11.3 Å². The van der Waals surface area contributed by atoms with Gasteiger partial charge in [0.15, 0.2) is 0 Å². The number of nitriles is 1. The van der Waals surface area contributed by atoms with Crippen molar-refractivity contribution in [1.29, 1.82) is 5.26 Å². The van der Waals surface area contributed by atoms with Crippen LogP contribution >= 0.6 is 15.9 Å². The van der Waals surface area contributed by atoms with Crippen LogP contribution < -0.4 is 4.90 Å². The number of furan rings is 1. The Kier molecular flexibility index (Phi) is 6.25. The smallest absolute Gasteiger partial charge is 0.264 e. The fourth-order valence-corrected chi connectivity index (χ4v) is 2.95. The molecule has 0 aromatic carbocycles. The van der Waals surface area contributed by atoms with Crippen molar-refractivity contribution in [3.05, 3.63) is 21.9 Å². The molecular formula is C16H20BrN3O3. The summed E-state index contributed by atoms with van der Waals surface area (Å²) in [5.74, 6) is 0.903. The quantitative estimate of drug-likeness (QED) is 0.579. The molecule has 23 heavy (non-hydrogen) atoms. The third-order valence-electron chi connectivity index (χ3n) is 3.67. The Morgan fingerprint density at radius 1 is 1.43 bits per heavy atom. The largest absolute Gasteiger partial charge is 0.440 e. The van der Waals surface area contributed by atoms with Crippen LogP contribution in [-0.4, -0.2) is 50.2 Å². The lowest BCUT2D eigenvalue weighted by molar-refractivity contribution is -0.126. The highest BCUT2D eigenvalue weighted by Gasteiger charge is 2.20. The number of rotatable bonds is 5. The van der Waals surface area contributed by atoms with Crippen LogP contribution in [0.25, 0.3) is 6.08 Å². The average Bonchev–Trinajstić information content (AvgIpc) is 2.95. The van der Waals surface area contributed by atoms with Crippen LogP contribution in [0.2, 0.25) is 0 Å². The van der Waals surface area contributed by atoms with Crippen molar-refractivity contribution in [3.8, 4) is 6.07 Å². The van der Waals surface area contributed by atoms with Gasteiger partial charge in [-0.15, -0.1) is 0 Å². The lowest BCUT2D eigenvalue weighted by Gasteiger charge is -2.26. The maximum atomic E-state index is 12.3. The van der Waals surface area contributed by atoms with Crippen molar-refractivity contribution in [2.24, 2.45) is 0 Å². The van der Waals surface area contributed by atoms with Gasteiger partial charge in [-0.25, -0.2) is 0 Å². The van der Waals surface area contributed by atoms with E-state index >= 15 is 0 Å². The van der Waals surface area contributed by atoms with Crippen LogP contribution in [0.1, 0.15) is 19.6 Å². The summed E-state index contributed by atoms with van der Waals surface area (Å²) in [4.78, 5) is 16.0. The molecule has 1 saturated heterocycles. The number of morpholine rings is 1. The highest BCUT2D eigenvalue weighted by molar-refractivity contribution is 9.10. The predicted molar refractivity (Wildman–Crippen MR) is 91.0 cm³/mol. The minimum absolute atomic E-state index is 0.0727. The van der Waals surface area contributed by atoms with Gasteiger partial charge >= 0.3 is 0 Å². The van der Waals surface area contributed by atoms with Crippen molar-refractivity contribution in [2.45, 2.75) is 13.8 Å². The van der Waals surface area contributed by atoms with E-state index < -0.39 is 0 Å². The standard InChI is InChI=1S/C16H20BrN3O3/c1-3-19(4-2)15(21)12(11-18)9-13-10-14(17)16(23-13)20-5-7-22-8-6-20/h9-10H,3-8H2,1-2H3/b12-9-. The van der Waals surface area contributed by atoms with Gasteiger partial charge in [-0.2, -0.15) is 5.26 Å². The number of amides is 1. The van der Waals surface area contributed by atoms with Crippen molar-refractivity contribution >= 4 is 33.8 Å². The number of ether oxygens (including phenoxy) is 1. The molecule has 1 aromatic rings. The molecule has 0 unspecified atom stereocenters. The second-order valence-electron chi connectivity index (χ2n) is 5.05. The Bertz CT molecular complexity index is 623. The average molecular weight is 382 g/mol. The highest BCUT2D eigenvalue weighted by Crippen LogP contribution is 2.31. The van der Waals surface area contributed by atoms with E-state index in [9.17, 15) is 10.1 Å². The zero-order chi connectivity index (χ0) is 16.8. The molecular weight excluding hydrogens is 362 g/mol. The number of halogens is 1. The van der Waals surface area contributed by atoms with Gasteiger partial charge in [-0.05, 0) is 29.8 Å². The number of carbonyl (C=O) groups is 1. The first-order chi connectivity index (χ1) is 11.1. The summed E-state index contributed by atoms with van der Waals surface area (Å²) in [6.07, 6.45) is 1.50. The van der Waals surface area contributed by atoms with Gasteiger partial charge in [0.2, 0.25) is 5.88 Å². The number of hydrogen-bond donors (Lipinski definition) is 0. The summed E-state index contributed by atoms with van der Waals surface area (Å²) in [6, 6.07) is 3.74. The van der Waals surface area contributed by atoms with E-state index in [0.717, 1.165) is 17.6 Å². The fourth-order valence-electron chi connectivity index (χ4n) is 2.39. The number of hydrogen-bond acceptors (Lipinski definition) is 5. The molecule has 0 aliphatic carbocycles. The molecule has 0 N–H and O–H groups in total. The van der Waals surface area contributed by atoms with E-state index in [-0.39, 0.29) is 11.5 Å². The van der Waals surface area contributed by atoms with Gasteiger partial charge in [0, 0.05) is 38.3 Å². The topological polar surface area (TPSA) is 69.7 Å². The molecule has 0 saturated carbocycles. The molecule has 0 radical (unpaired) electrons. The molecule has 6 nitrogen and oxygen atoms in total. The molecule has 0 bridgehead atoms. The predicted octanol–water partition coefficient (Wildman–Crippen LogP) is 2.65. The van der Waals surface area contributed by atoms with Crippen molar-refractivity contribution in [1.82, 2.24) is 4.90 Å². The molecule has 1 aliphatic heterocycles. The summed E-state index contributed by atoms with van der Waals surface area (Å²) in [5.41, 5.74) is 0.0727. The SMILES string of the molecule is CCN(CC)C(=O)/C(C#N)=C\c1cc(Br)c(N2CCOCC2)o1. The third kappa shape index (κ3) is 4.15. The lowest BCUT2D eigenvalue weighted by Crippen LogP contribution is -2.36. The monoisotopic (exact) mass is 381 g/mol. The van der Waals surface area contributed by atoms with E-state index in [2.05, 4.69) is 20.8 Å². The van der Waals surface area contributed by atoms with Crippen LogP contribution in [0.3, 0.4) is 0 Å². The maximum absolute atomic E-state index is 12.3. The number of carbonyl (C=O) groups excluding carboxylic acids is 1. The second-order valence-corrected chi connectivity index (χ2v) is 5.90. The summed E-state index contributed by atoms with van der Waals surface area (Å²) in [6.45, 7) is 7.71. The van der Waals surface area contributed by atoms with E-state index in [1.54, 1.807) is 11.0 Å². The van der Waals surface area contributed by atoms with Gasteiger partial charge < -0.3 is 19.0 Å². The van der Waals surface area contributed by atoms with Crippen molar-refractivity contribution in [2.75, 3.05) is 44.3 Å². The molecule has 2 heterocycles. The molecule has 1 amide bonds. The first-order valence-corrected chi connectivity index (χ1v) is 8.43. The number of nitrogens with zero attached hydrogens (tertiary/aromatic N) is 3. The normalized spacial score (nSPS) is 15.4. The van der Waals surface area contributed by atoms with E-state index in [4.69, 9.17) is 9.15 Å². The summed E-state index contributed by atoms with van der Waals surface area (Å²) < 4.78 is 11.9. The first kappa shape index (κ1) is 17.6. The summed E-state index contributed by atoms with van der Waals surface area (Å²) in [7, 11) is 0. The van der Waals surface area contributed by atoms with Crippen LogP contribution in [-0.2, 0) is 9.53 Å². The zero-order valence-electron chi connectivity index (χ0n) is 13.3. The van der Waals surface area contributed by atoms with Crippen LogP contribution in [0.4, 0.5) is 5.88 Å². The fraction of sp³-hybridized carbons (Fsp3) is 0.500. The lowest BCUT2D eigenvalue weighted by atomic mass is 10.2. The maximum Gasteiger partial charge on any atom is 0.264 e. The number of anilines is 1. The molecule has 1 aliphatic rings. The minimum atomic E-state index is -0.280. The highest BCUT2D eigenvalue weighted by atomic mass is 79.9. The van der Waals surface area contributed by atoms with Gasteiger partial charge in [0.05, 0.1) is 17.7 Å². The molecule has 1 fully saturated rings. The Hall–Kier alpha value is -1.78. The Labute approximate surface area is 144 Å². The van der Waals surface area contributed by atoms with E-state index in [1.165, 1.54) is 6.08 Å². The molecule has 7 heteroatoms. The second kappa shape index (κ2) is 8.18. The van der Waals surface area contributed by atoms with E-state index in [1.807, 2.05) is 19.9 Å². The Morgan fingerprint density at radius 3 is 2.65 bits per heavy atom. The molecule has 124 valence electrons. The summed E-state index contributed by atoms with van der Waals surface area (Å²) in [5, 5.41) is 9.28. The van der Waals surface area contributed by atoms with Gasteiger partial charge in [0.1, 0.15) is 17.4 Å². The van der Waals surface area contributed by atoms with Gasteiger partial charge in [-0.3, -0.25) is 4.79 Å². The van der Waals surface area contributed by atoms with Crippen molar-refractivity contribution in [3.63, 3.8) is 0 Å². The zero-order valence-corrected chi connectivity index (χ0v) is 14.9. The van der Waals surface area contributed by atoms with E-state index in [0.29, 0.717) is 37.9 Å². The summed E-state index contributed by atoms with van der Waals surface area (Å²) >= 11 is 3.47.